The van der Waals surface area contributed by atoms with Gasteiger partial charge in [0.2, 0.25) is 0 Å². The Balaban J connectivity index is 1.56. The second-order valence-electron chi connectivity index (χ2n) is 5.40. The van der Waals surface area contributed by atoms with Gasteiger partial charge in [-0.1, -0.05) is 18.2 Å². The molecule has 6 heteroatoms. The van der Waals surface area contributed by atoms with Crippen LogP contribution in [-0.4, -0.2) is 43.3 Å². The number of nitrogens with zero attached hydrogens (tertiary/aromatic N) is 1. The van der Waals surface area contributed by atoms with Gasteiger partial charge in [-0.3, -0.25) is 4.79 Å². The molecular weight excluding hydrogens is 282 g/mol. The number of para-hydroxylation sites is 1. The highest BCUT2D eigenvalue weighted by Gasteiger charge is 2.17. The van der Waals surface area contributed by atoms with Gasteiger partial charge in [0.05, 0.1) is 0 Å². The van der Waals surface area contributed by atoms with Crippen LogP contribution in [0.1, 0.15) is 24.8 Å². The molecular formula is C16H23N3O3. The molecule has 22 heavy (non-hydrogen) atoms. The number of rotatable bonds is 8. The van der Waals surface area contributed by atoms with Gasteiger partial charge in [-0.05, 0) is 30.9 Å². The summed E-state index contributed by atoms with van der Waals surface area (Å²) >= 11 is 0. The molecule has 0 fully saturated rings. The predicted octanol–water partition coefficient (Wildman–Crippen LogP) is 1.60. The molecule has 1 aromatic rings. The first-order chi connectivity index (χ1) is 10.7. The van der Waals surface area contributed by atoms with Crippen molar-refractivity contribution in [1.29, 1.82) is 0 Å². The normalized spacial score (nSPS) is 12.8. The molecule has 2 amide bonds. The van der Waals surface area contributed by atoms with Gasteiger partial charge in [0.15, 0.2) is 0 Å². The Morgan fingerprint density at radius 2 is 1.86 bits per heavy atom. The molecule has 1 aliphatic heterocycles. The Morgan fingerprint density at radius 3 is 2.64 bits per heavy atom. The van der Waals surface area contributed by atoms with Crippen molar-refractivity contribution < 1.29 is 14.7 Å². The van der Waals surface area contributed by atoms with E-state index in [-0.39, 0.29) is 12.5 Å². The van der Waals surface area contributed by atoms with E-state index < -0.39 is 5.97 Å². The molecule has 0 atom stereocenters. The lowest BCUT2D eigenvalue weighted by atomic mass is 10.2. The van der Waals surface area contributed by atoms with Crippen LogP contribution in [0.3, 0.4) is 0 Å². The van der Waals surface area contributed by atoms with Crippen molar-refractivity contribution in [3.63, 3.8) is 0 Å². The summed E-state index contributed by atoms with van der Waals surface area (Å²) in [7, 11) is 0. The first-order valence-corrected chi connectivity index (χ1v) is 7.73. The highest BCUT2D eigenvalue weighted by Crippen LogP contribution is 2.27. The number of carbonyl (C=O) groups excluding carboxylic acids is 1. The Labute approximate surface area is 130 Å². The quantitative estimate of drug-likeness (QED) is 0.637. The third kappa shape index (κ3) is 4.95. The average molecular weight is 305 g/mol. The number of urea groups is 1. The van der Waals surface area contributed by atoms with Crippen LogP contribution in [0.2, 0.25) is 0 Å². The highest BCUT2D eigenvalue weighted by molar-refractivity contribution is 5.73. The summed E-state index contributed by atoms with van der Waals surface area (Å²) in [6.45, 7) is 2.97. The van der Waals surface area contributed by atoms with Gasteiger partial charge in [-0.2, -0.15) is 0 Å². The van der Waals surface area contributed by atoms with E-state index in [1.54, 1.807) is 0 Å². The molecule has 0 spiro atoms. The number of fused-ring (bicyclic) bond motifs is 1. The minimum absolute atomic E-state index is 0.0780. The molecule has 1 aliphatic rings. The van der Waals surface area contributed by atoms with E-state index in [2.05, 4.69) is 39.8 Å². The van der Waals surface area contributed by atoms with Crippen LogP contribution in [-0.2, 0) is 11.2 Å². The number of benzene rings is 1. The minimum Gasteiger partial charge on any atom is -0.481 e. The molecule has 0 aliphatic carbocycles. The molecule has 0 radical (unpaired) electrons. The molecule has 2 rings (SSSR count). The first-order valence-electron chi connectivity index (χ1n) is 7.73. The van der Waals surface area contributed by atoms with Crippen molar-refractivity contribution in [3.05, 3.63) is 29.8 Å². The Hall–Kier alpha value is -2.24. The number of amides is 2. The molecule has 6 nitrogen and oxygen atoms in total. The number of carboxylic acid groups (broad SMARTS) is 1. The second-order valence-corrected chi connectivity index (χ2v) is 5.40. The fourth-order valence-electron chi connectivity index (χ4n) is 2.61. The summed E-state index contributed by atoms with van der Waals surface area (Å²) in [5.74, 6) is -0.840. The second kappa shape index (κ2) is 8.26. The van der Waals surface area contributed by atoms with Gasteiger partial charge in [-0.15, -0.1) is 0 Å². The largest absolute Gasteiger partial charge is 0.481 e. The first kappa shape index (κ1) is 16.1. The van der Waals surface area contributed by atoms with Crippen molar-refractivity contribution in [2.75, 3.05) is 31.1 Å². The molecule has 0 unspecified atom stereocenters. The van der Waals surface area contributed by atoms with Crippen LogP contribution in [0.5, 0.6) is 0 Å². The topological polar surface area (TPSA) is 81.7 Å². The highest BCUT2D eigenvalue weighted by atomic mass is 16.4. The third-order valence-corrected chi connectivity index (χ3v) is 3.73. The number of carbonyl (C=O) groups is 2. The summed E-state index contributed by atoms with van der Waals surface area (Å²) in [6, 6.07) is 8.20. The van der Waals surface area contributed by atoms with Crippen molar-refractivity contribution >= 4 is 17.7 Å². The Bertz CT molecular complexity index is 519. The van der Waals surface area contributed by atoms with Gasteiger partial charge in [0.25, 0.3) is 0 Å². The van der Waals surface area contributed by atoms with Crippen LogP contribution < -0.4 is 15.5 Å². The van der Waals surface area contributed by atoms with E-state index in [1.807, 2.05) is 0 Å². The molecule has 0 aromatic heterocycles. The van der Waals surface area contributed by atoms with Crippen LogP contribution in [0.15, 0.2) is 24.3 Å². The summed E-state index contributed by atoms with van der Waals surface area (Å²) in [5, 5.41) is 13.9. The molecule has 0 saturated carbocycles. The lowest BCUT2D eigenvalue weighted by Crippen LogP contribution is -2.37. The van der Waals surface area contributed by atoms with Crippen LogP contribution in [0, 0.1) is 0 Å². The van der Waals surface area contributed by atoms with Gasteiger partial charge < -0.3 is 20.6 Å². The van der Waals surface area contributed by atoms with E-state index in [9.17, 15) is 9.59 Å². The molecule has 0 bridgehead atoms. The van der Waals surface area contributed by atoms with E-state index in [0.29, 0.717) is 19.5 Å². The maximum absolute atomic E-state index is 11.5. The summed E-state index contributed by atoms with van der Waals surface area (Å²) in [4.78, 5) is 24.2. The SMILES string of the molecule is O=C(O)CCCNC(=O)NCCCN1CCc2ccccc21. The van der Waals surface area contributed by atoms with E-state index in [1.165, 1.54) is 11.3 Å². The fourth-order valence-corrected chi connectivity index (χ4v) is 2.61. The number of hydrogen-bond donors (Lipinski definition) is 3. The molecule has 0 saturated heterocycles. The van der Waals surface area contributed by atoms with Gasteiger partial charge in [-0.25, -0.2) is 4.79 Å². The van der Waals surface area contributed by atoms with E-state index >= 15 is 0 Å². The van der Waals surface area contributed by atoms with Crippen LogP contribution in [0.25, 0.3) is 0 Å². The zero-order chi connectivity index (χ0) is 15.8. The Morgan fingerprint density at radius 1 is 1.14 bits per heavy atom. The predicted molar refractivity (Wildman–Crippen MR) is 85.2 cm³/mol. The van der Waals surface area contributed by atoms with Crippen molar-refractivity contribution in [2.24, 2.45) is 0 Å². The molecule has 1 aromatic carbocycles. The molecule has 1 heterocycles. The summed E-state index contributed by atoms with van der Waals surface area (Å²) in [6.07, 6.45) is 2.51. The van der Waals surface area contributed by atoms with E-state index in [4.69, 9.17) is 5.11 Å². The standard InChI is InChI=1S/C16H23N3O3/c20-15(21)7-3-9-17-16(22)18-10-4-11-19-12-8-13-5-1-2-6-14(13)19/h1-2,5-6H,3-4,7-12H2,(H,20,21)(H2,17,18,22). The molecule has 3 N–H and O–H groups in total. The summed E-state index contributed by atoms with van der Waals surface area (Å²) < 4.78 is 0. The van der Waals surface area contributed by atoms with Gasteiger partial charge in [0.1, 0.15) is 0 Å². The van der Waals surface area contributed by atoms with Gasteiger partial charge >= 0.3 is 12.0 Å². The zero-order valence-corrected chi connectivity index (χ0v) is 12.7. The number of anilines is 1. The van der Waals surface area contributed by atoms with Crippen molar-refractivity contribution in [1.82, 2.24) is 10.6 Å². The van der Waals surface area contributed by atoms with Gasteiger partial charge in [0, 0.05) is 38.3 Å². The van der Waals surface area contributed by atoms with Crippen LogP contribution >= 0.6 is 0 Å². The van der Waals surface area contributed by atoms with Crippen molar-refractivity contribution in [2.45, 2.75) is 25.7 Å². The van der Waals surface area contributed by atoms with Crippen molar-refractivity contribution in [3.8, 4) is 0 Å². The zero-order valence-electron chi connectivity index (χ0n) is 12.7. The number of hydrogen-bond acceptors (Lipinski definition) is 3. The molecule has 120 valence electrons. The lowest BCUT2D eigenvalue weighted by Gasteiger charge is -2.19. The minimum atomic E-state index is -0.840. The fraction of sp³-hybridized carbons (Fsp3) is 0.500. The summed E-state index contributed by atoms with van der Waals surface area (Å²) in [5.41, 5.74) is 2.70. The number of carboxylic acids is 1. The maximum Gasteiger partial charge on any atom is 0.314 e. The third-order valence-electron chi connectivity index (χ3n) is 3.73. The van der Waals surface area contributed by atoms with E-state index in [0.717, 1.165) is 25.9 Å². The van der Waals surface area contributed by atoms with Crippen LogP contribution in [0.4, 0.5) is 10.5 Å². The Kier molecular flexibility index (Phi) is 6.06. The maximum atomic E-state index is 11.5. The number of aliphatic carboxylic acids is 1. The monoisotopic (exact) mass is 305 g/mol. The average Bonchev–Trinajstić information content (AvgIpc) is 2.91. The smallest absolute Gasteiger partial charge is 0.314 e. The lowest BCUT2D eigenvalue weighted by molar-refractivity contribution is -0.137. The number of nitrogens with one attached hydrogen (secondary N) is 2.